The fraction of sp³-hybridized carbons (Fsp3) is 0.533. The van der Waals surface area contributed by atoms with Gasteiger partial charge < -0.3 is 29.5 Å². The van der Waals surface area contributed by atoms with Gasteiger partial charge in [-0.15, -0.1) is 0 Å². The van der Waals surface area contributed by atoms with Gasteiger partial charge in [0, 0.05) is 27.2 Å². The molecule has 1 amide bonds. The Bertz CT molecular complexity index is 1590. The number of carbonyl (C=O) groups excluding carboxylic acids is 1. The largest absolute Gasteiger partial charge is 0.443 e. The summed E-state index contributed by atoms with van der Waals surface area (Å²) in [6.07, 6.45) is -4.72. The molecule has 5 atom stereocenters. The number of hydrogen-bond donors (Lipinski definition) is 2. The fourth-order valence-corrected chi connectivity index (χ4v) is 8.12. The van der Waals surface area contributed by atoms with Crippen molar-refractivity contribution in [1.82, 2.24) is 14.6 Å². The Labute approximate surface area is 265 Å². The number of carbonyl (C=O) groups is 1. The molecular weight excluding hydrogens is 630 g/mol. The predicted octanol–water partition coefficient (Wildman–Crippen LogP) is 3.71. The number of amides is 1. The van der Waals surface area contributed by atoms with Gasteiger partial charge in [-0.1, -0.05) is 55.5 Å². The highest BCUT2D eigenvalue weighted by molar-refractivity contribution is 7.89. The molecule has 2 fully saturated rings. The van der Waals surface area contributed by atoms with Gasteiger partial charge >= 0.3 is 6.09 Å². The summed E-state index contributed by atoms with van der Waals surface area (Å²) < 4.78 is 74.2. The molecule has 1 unspecified atom stereocenters. The van der Waals surface area contributed by atoms with Gasteiger partial charge in [-0.05, 0) is 36.1 Å². The summed E-state index contributed by atoms with van der Waals surface area (Å²) in [4.78, 5) is 19.5. The van der Waals surface area contributed by atoms with Gasteiger partial charge in [0.15, 0.2) is 11.4 Å². The van der Waals surface area contributed by atoms with Crippen LogP contribution in [0.2, 0.25) is 0 Å². The van der Waals surface area contributed by atoms with Crippen molar-refractivity contribution in [3.05, 3.63) is 54.1 Å². The van der Waals surface area contributed by atoms with E-state index in [1.807, 2.05) is 38.9 Å². The zero-order chi connectivity index (χ0) is 32.5. The monoisotopic (exact) mass is 668 g/mol. The van der Waals surface area contributed by atoms with Crippen molar-refractivity contribution in [2.45, 2.75) is 55.6 Å². The van der Waals surface area contributed by atoms with Gasteiger partial charge in [-0.3, -0.25) is 0 Å². The summed E-state index contributed by atoms with van der Waals surface area (Å²) >= 11 is 1.36. The van der Waals surface area contributed by atoms with Crippen LogP contribution in [0.5, 0.6) is 0 Å². The molecule has 11 nitrogen and oxygen atoms in total. The number of fused-ring (bicyclic) bond motifs is 2. The second-order valence-corrected chi connectivity index (χ2v) is 14.9. The number of nitrogens with one attached hydrogen (secondary N) is 1. The molecule has 2 aliphatic heterocycles. The summed E-state index contributed by atoms with van der Waals surface area (Å²) in [6, 6.07) is 12.7. The zero-order valence-corrected chi connectivity index (χ0v) is 27.1. The summed E-state index contributed by atoms with van der Waals surface area (Å²) in [5.74, 6) is -4.76. The number of halogens is 2. The minimum atomic E-state index is -4.09. The van der Waals surface area contributed by atoms with Crippen molar-refractivity contribution < 1.29 is 41.3 Å². The minimum absolute atomic E-state index is 0.0549. The topological polar surface area (TPSA) is 131 Å². The van der Waals surface area contributed by atoms with Crippen molar-refractivity contribution >= 4 is 42.8 Å². The lowest BCUT2D eigenvalue weighted by Gasteiger charge is -2.31. The number of ether oxygens (including phenoxy) is 3. The van der Waals surface area contributed by atoms with Crippen molar-refractivity contribution in [2.24, 2.45) is 11.8 Å². The lowest BCUT2D eigenvalue weighted by molar-refractivity contribution is -0.0953. The normalized spacial score (nSPS) is 22.5. The molecule has 2 aliphatic rings. The van der Waals surface area contributed by atoms with Crippen molar-refractivity contribution in [1.29, 1.82) is 0 Å². The van der Waals surface area contributed by atoms with Crippen LogP contribution in [0.15, 0.2) is 53.4 Å². The summed E-state index contributed by atoms with van der Waals surface area (Å²) in [6.45, 7) is 2.40. The lowest BCUT2D eigenvalue weighted by Crippen LogP contribution is -2.52. The first-order valence-electron chi connectivity index (χ1n) is 14.6. The molecule has 0 aliphatic carbocycles. The van der Waals surface area contributed by atoms with E-state index in [9.17, 15) is 27.1 Å². The standard InChI is InChI=1S/C30H38F2N4O7S2/c1-18(2)14-36(45(39,40)20-10-11-21-25(13-20)44-28(33-21)35(3)4)15-23(37)22(12-19-8-6-5-7-9-19)34-29(38)43-24-16-41-27-26(24)30(31,32)17-42-27/h5-11,13,18,22-24,26-27,37H,12,14-17H2,1-4H3,(H,34,38)/t22-,23+,24?,26-,27-/m0/s1. The molecule has 246 valence electrons. The van der Waals surface area contributed by atoms with Crippen LogP contribution in [0.4, 0.5) is 18.7 Å². The van der Waals surface area contributed by atoms with Gasteiger partial charge in [0.2, 0.25) is 10.0 Å². The third kappa shape index (κ3) is 7.55. The third-order valence-corrected chi connectivity index (χ3v) is 10.7. The number of aromatic nitrogens is 1. The van der Waals surface area contributed by atoms with E-state index in [1.165, 1.54) is 21.7 Å². The predicted molar refractivity (Wildman–Crippen MR) is 165 cm³/mol. The molecule has 15 heteroatoms. The number of anilines is 1. The third-order valence-electron chi connectivity index (χ3n) is 7.70. The molecule has 2 N–H and O–H groups in total. The quantitative estimate of drug-likeness (QED) is 0.297. The van der Waals surface area contributed by atoms with Crippen LogP contribution in [0, 0.1) is 11.8 Å². The first-order chi connectivity index (χ1) is 21.2. The smallest absolute Gasteiger partial charge is 0.407 e. The Kier molecular flexibility index (Phi) is 9.96. The number of alkyl carbamates (subject to hydrolysis) is 1. The van der Waals surface area contributed by atoms with E-state index < -0.39 is 59.1 Å². The lowest BCUT2D eigenvalue weighted by atomic mass is 9.99. The van der Waals surface area contributed by atoms with Crippen molar-refractivity contribution in [3.63, 3.8) is 0 Å². The van der Waals surface area contributed by atoms with E-state index in [2.05, 4.69) is 10.3 Å². The van der Waals surface area contributed by atoms with E-state index in [1.54, 1.807) is 36.4 Å². The van der Waals surface area contributed by atoms with Crippen molar-refractivity contribution in [3.8, 4) is 0 Å². The Hall–Kier alpha value is -2.95. The molecule has 0 saturated carbocycles. The highest BCUT2D eigenvalue weighted by atomic mass is 32.2. The summed E-state index contributed by atoms with van der Waals surface area (Å²) in [5.41, 5.74) is 1.43. The van der Waals surface area contributed by atoms with Gasteiger partial charge in [-0.2, -0.15) is 4.31 Å². The first-order valence-corrected chi connectivity index (χ1v) is 16.9. The highest BCUT2D eigenvalue weighted by Gasteiger charge is 2.60. The average Bonchev–Trinajstić information content (AvgIpc) is 3.67. The van der Waals surface area contributed by atoms with Crippen LogP contribution in [0.3, 0.4) is 0 Å². The SMILES string of the molecule is CC(C)CN(C[C@@H](O)[C@H](Cc1ccccc1)NC(=O)OC1CO[C@H]2OCC(F)(F)[C@@H]12)S(=O)(=O)c1ccc2nc(N(C)C)sc2c1. The number of benzene rings is 2. The van der Waals surface area contributed by atoms with Crippen LogP contribution in [0.1, 0.15) is 19.4 Å². The molecule has 2 saturated heterocycles. The molecule has 0 radical (unpaired) electrons. The molecule has 2 aromatic carbocycles. The van der Waals surface area contributed by atoms with Crippen molar-refractivity contribution in [2.75, 3.05) is 45.3 Å². The highest BCUT2D eigenvalue weighted by Crippen LogP contribution is 2.43. The van der Waals surface area contributed by atoms with Crippen LogP contribution < -0.4 is 10.2 Å². The van der Waals surface area contributed by atoms with Gasteiger partial charge in [0.25, 0.3) is 5.92 Å². The maximum Gasteiger partial charge on any atom is 0.407 e. The Morgan fingerprint density at radius 2 is 1.91 bits per heavy atom. The minimum Gasteiger partial charge on any atom is -0.443 e. The molecule has 0 spiro atoms. The maximum absolute atomic E-state index is 14.4. The number of aliphatic hydroxyl groups is 1. The van der Waals surface area contributed by atoms with E-state index in [-0.39, 0.29) is 36.9 Å². The molecule has 0 bridgehead atoms. The molecular formula is C30H38F2N4O7S2. The molecule has 3 heterocycles. The number of sulfonamides is 1. The van der Waals surface area contributed by atoms with Gasteiger partial charge in [-0.25, -0.2) is 27.0 Å². The van der Waals surface area contributed by atoms with E-state index in [0.717, 1.165) is 10.7 Å². The van der Waals surface area contributed by atoms with Crippen LogP contribution in [0.25, 0.3) is 10.2 Å². The van der Waals surface area contributed by atoms with Crippen LogP contribution in [-0.4, -0.2) is 99.8 Å². The molecule has 5 rings (SSSR count). The fourth-order valence-electron chi connectivity index (χ4n) is 5.47. The number of rotatable bonds is 12. The van der Waals surface area contributed by atoms with E-state index in [0.29, 0.717) is 10.2 Å². The Morgan fingerprint density at radius 3 is 2.60 bits per heavy atom. The first kappa shape index (κ1) is 33.4. The number of thiazole rings is 1. The number of hydrogen-bond acceptors (Lipinski definition) is 10. The average molecular weight is 669 g/mol. The molecule has 3 aromatic rings. The van der Waals surface area contributed by atoms with E-state index in [4.69, 9.17) is 14.2 Å². The van der Waals surface area contributed by atoms with E-state index >= 15 is 0 Å². The second kappa shape index (κ2) is 13.4. The Morgan fingerprint density at radius 1 is 1.18 bits per heavy atom. The Balaban J connectivity index is 1.36. The zero-order valence-electron chi connectivity index (χ0n) is 25.4. The summed E-state index contributed by atoms with van der Waals surface area (Å²) in [7, 11) is -0.380. The van der Waals surface area contributed by atoms with Gasteiger partial charge in [0.05, 0.1) is 33.9 Å². The number of alkyl halides is 2. The summed E-state index contributed by atoms with van der Waals surface area (Å²) in [5, 5.41) is 14.8. The van der Waals surface area contributed by atoms with Crippen LogP contribution in [-0.2, 0) is 30.7 Å². The molecule has 45 heavy (non-hydrogen) atoms. The molecule has 1 aromatic heterocycles. The second-order valence-electron chi connectivity index (χ2n) is 12.0. The number of aliphatic hydroxyl groups excluding tert-OH is 1. The number of nitrogens with zero attached hydrogens (tertiary/aromatic N) is 3. The maximum atomic E-state index is 14.4. The van der Waals surface area contributed by atoms with Crippen LogP contribution >= 0.6 is 11.3 Å². The van der Waals surface area contributed by atoms with Gasteiger partial charge in [0.1, 0.15) is 18.6 Å².